The van der Waals surface area contributed by atoms with Gasteiger partial charge in [0.25, 0.3) is 0 Å². The molecule has 2 aliphatic heterocycles. The molecule has 90 valence electrons. The number of hydrogen-bond donors (Lipinski definition) is 1. The summed E-state index contributed by atoms with van der Waals surface area (Å²) in [6.45, 7) is 4.55. The summed E-state index contributed by atoms with van der Waals surface area (Å²) in [6.07, 6.45) is 1.63. The average Bonchev–Trinajstić information content (AvgIpc) is 2.27. The predicted octanol–water partition coefficient (Wildman–Crippen LogP) is 0.0137. The molecular formula is C11H18N2O3. The Bertz CT molecular complexity index is 276. The van der Waals surface area contributed by atoms with Crippen molar-refractivity contribution in [1.82, 2.24) is 9.80 Å². The molecule has 1 N–H and O–H groups in total. The Labute approximate surface area is 95.0 Å². The second-order valence-electron chi connectivity index (χ2n) is 4.73. The van der Waals surface area contributed by atoms with Crippen molar-refractivity contribution in [2.24, 2.45) is 5.92 Å². The van der Waals surface area contributed by atoms with E-state index in [4.69, 9.17) is 5.11 Å². The fraction of sp³-hybridized carbons (Fsp3) is 0.818. The van der Waals surface area contributed by atoms with Crippen LogP contribution in [-0.2, 0) is 9.59 Å². The molecule has 2 unspecified atom stereocenters. The first-order valence-corrected chi connectivity index (χ1v) is 5.80. The highest BCUT2D eigenvalue weighted by Crippen LogP contribution is 2.25. The molecule has 0 aliphatic carbocycles. The van der Waals surface area contributed by atoms with Crippen LogP contribution >= 0.6 is 0 Å². The van der Waals surface area contributed by atoms with Crippen LogP contribution in [0.1, 0.15) is 19.8 Å². The summed E-state index contributed by atoms with van der Waals surface area (Å²) in [7, 11) is 0. The molecule has 0 radical (unpaired) electrons. The lowest BCUT2D eigenvalue weighted by Gasteiger charge is -2.45. The van der Waals surface area contributed by atoms with Gasteiger partial charge in [-0.25, -0.2) is 0 Å². The van der Waals surface area contributed by atoms with Crippen LogP contribution in [0.3, 0.4) is 0 Å². The van der Waals surface area contributed by atoms with Gasteiger partial charge in [0.2, 0.25) is 5.91 Å². The smallest absolute Gasteiger partial charge is 0.307 e. The van der Waals surface area contributed by atoms with Gasteiger partial charge in [-0.2, -0.15) is 0 Å². The molecule has 1 amide bonds. The lowest BCUT2D eigenvalue weighted by molar-refractivity contribution is -0.146. The maximum absolute atomic E-state index is 11.3. The molecule has 2 saturated heterocycles. The number of piperazine rings is 1. The summed E-state index contributed by atoms with van der Waals surface area (Å²) in [5.74, 6) is -0.785. The van der Waals surface area contributed by atoms with Gasteiger partial charge in [-0.15, -0.1) is 0 Å². The lowest BCUT2D eigenvalue weighted by Crippen LogP contribution is -2.57. The van der Waals surface area contributed by atoms with Gasteiger partial charge >= 0.3 is 5.97 Å². The van der Waals surface area contributed by atoms with Gasteiger partial charge in [0.05, 0.1) is 5.92 Å². The highest BCUT2D eigenvalue weighted by Gasteiger charge is 2.35. The maximum atomic E-state index is 11.3. The normalized spacial score (nSPS) is 30.9. The number of fused-ring (bicyclic) bond motifs is 1. The van der Waals surface area contributed by atoms with Crippen molar-refractivity contribution in [3.63, 3.8) is 0 Å². The van der Waals surface area contributed by atoms with E-state index in [9.17, 15) is 9.59 Å². The summed E-state index contributed by atoms with van der Waals surface area (Å²) in [5, 5.41) is 8.98. The van der Waals surface area contributed by atoms with E-state index in [-0.39, 0.29) is 11.8 Å². The monoisotopic (exact) mass is 226 g/mol. The Morgan fingerprint density at radius 3 is 2.56 bits per heavy atom. The highest BCUT2D eigenvalue weighted by molar-refractivity contribution is 5.73. The Morgan fingerprint density at radius 1 is 1.19 bits per heavy atom. The van der Waals surface area contributed by atoms with Crippen molar-refractivity contribution in [2.75, 3.05) is 26.2 Å². The summed E-state index contributed by atoms with van der Waals surface area (Å²) in [5.41, 5.74) is 0. The van der Waals surface area contributed by atoms with Gasteiger partial charge in [0, 0.05) is 39.1 Å². The van der Waals surface area contributed by atoms with E-state index in [0.717, 1.165) is 32.5 Å². The molecule has 0 aromatic rings. The van der Waals surface area contributed by atoms with E-state index in [1.165, 1.54) is 0 Å². The zero-order chi connectivity index (χ0) is 11.7. The van der Waals surface area contributed by atoms with E-state index in [1.807, 2.05) is 4.90 Å². The van der Waals surface area contributed by atoms with Crippen molar-refractivity contribution < 1.29 is 14.7 Å². The molecular weight excluding hydrogens is 208 g/mol. The van der Waals surface area contributed by atoms with Crippen LogP contribution < -0.4 is 0 Å². The fourth-order valence-corrected chi connectivity index (χ4v) is 2.66. The molecule has 0 aromatic heterocycles. The van der Waals surface area contributed by atoms with E-state index in [2.05, 4.69) is 4.90 Å². The number of nitrogens with zero attached hydrogens (tertiary/aromatic N) is 2. The van der Waals surface area contributed by atoms with Crippen LogP contribution in [0.5, 0.6) is 0 Å². The van der Waals surface area contributed by atoms with E-state index < -0.39 is 5.97 Å². The van der Waals surface area contributed by atoms with Gasteiger partial charge in [-0.05, 0) is 12.8 Å². The second kappa shape index (κ2) is 4.41. The number of carbonyl (C=O) groups is 2. The molecule has 5 heteroatoms. The molecule has 0 spiro atoms. The predicted molar refractivity (Wildman–Crippen MR) is 58.0 cm³/mol. The number of piperidine rings is 1. The van der Waals surface area contributed by atoms with Crippen LogP contribution in [0.2, 0.25) is 0 Å². The number of carboxylic acid groups (broad SMARTS) is 1. The van der Waals surface area contributed by atoms with Crippen LogP contribution in [0.4, 0.5) is 0 Å². The third kappa shape index (κ3) is 2.19. The van der Waals surface area contributed by atoms with Crippen molar-refractivity contribution in [1.29, 1.82) is 0 Å². The quantitative estimate of drug-likeness (QED) is 0.684. The Morgan fingerprint density at radius 2 is 1.94 bits per heavy atom. The third-order valence-electron chi connectivity index (χ3n) is 3.70. The minimum Gasteiger partial charge on any atom is -0.481 e. The van der Waals surface area contributed by atoms with Crippen molar-refractivity contribution >= 4 is 11.9 Å². The highest BCUT2D eigenvalue weighted by atomic mass is 16.4. The summed E-state index contributed by atoms with van der Waals surface area (Å²) < 4.78 is 0. The molecule has 0 aromatic carbocycles. The Kier molecular flexibility index (Phi) is 3.14. The molecule has 5 nitrogen and oxygen atoms in total. The molecule has 2 atom stereocenters. The van der Waals surface area contributed by atoms with Crippen molar-refractivity contribution in [3.8, 4) is 0 Å². The Balaban J connectivity index is 1.95. The standard InChI is InChI=1S/C11H18N2O3/c1-8(14)12-4-5-13-6-9(11(15)16)2-3-10(13)7-12/h9-10H,2-7H2,1H3,(H,15,16). The topological polar surface area (TPSA) is 60.9 Å². The van der Waals surface area contributed by atoms with Gasteiger partial charge in [-0.1, -0.05) is 0 Å². The van der Waals surface area contributed by atoms with Crippen molar-refractivity contribution in [3.05, 3.63) is 0 Å². The van der Waals surface area contributed by atoms with Crippen molar-refractivity contribution in [2.45, 2.75) is 25.8 Å². The largest absolute Gasteiger partial charge is 0.481 e. The lowest BCUT2D eigenvalue weighted by atomic mass is 9.91. The zero-order valence-corrected chi connectivity index (χ0v) is 9.56. The first-order valence-electron chi connectivity index (χ1n) is 5.80. The van der Waals surface area contributed by atoms with Crippen LogP contribution in [0.25, 0.3) is 0 Å². The number of aliphatic carboxylic acids is 1. The summed E-state index contributed by atoms with van der Waals surface area (Å²) >= 11 is 0. The van der Waals surface area contributed by atoms with Crippen LogP contribution in [-0.4, -0.2) is 59.0 Å². The number of carboxylic acids is 1. The summed E-state index contributed by atoms with van der Waals surface area (Å²) in [6, 6.07) is 0.369. The maximum Gasteiger partial charge on any atom is 0.307 e. The fourth-order valence-electron chi connectivity index (χ4n) is 2.66. The molecule has 2 aliphatic rings. The first kappa shape index (κ1) is 11.4. The van der Waals surface area contributed by atoms with E-state index in [0.29, 0.717) is 12.6 Å². The van der Waals surface area contributed by atoms with Gasteiger partial charge in [-0.3, -0.25) is 14.5 Å². The molecule has 0 saturated carbocycles. The third-order valence-corrected chi connectivity index (χ3v) is 3.70. The number of carbonyl (C=O) groups excluding carboxylic acids is 1. The van der Waals surface area contributed by atoms with E-state index in [1.54, 1.807) is 6.92 Å². The average molecular weight is 226 g/mol. The number of hydrogen-bond acceptors (Lipinski definition) is 3. The first-order chi connectivity index (χ1) is 7.58. The van der Waals surface area contributed by atoms with Gasteiger partial charge in [0.1, 0.15) is 0 Å². The number of amides is 1. The molecule has 2 heterocycles. The minimum atomic E-state index is -0.688. The second-order valence-corrected chi connectivity index (χ2v) is 4.73. The summed E-state index contributed by atoms with van der Waals surface area (Å²) in [4.78, 5) is 26.3. The SMILES string of the molecule is CC(=O)N1CCN2CC(C(=O)O)CCC2C1. The van der Waals surface area contributed by atoms with Crippen LogP contribution in [0.15, 0.2) is 0 Å². The molecule has 0 bridgehead atoms. The Hall–Kier alpha value is -1.10. The zero-order valence-electron chi connectivity index (χ0n) is 9.56. The van der Waals surface area contributed by atoms with Gasteiger partial charge < -0.3 is 10.0 Å². The number of rotatable bonds is 1. The molecule has 16 heavy (non-hydrogen) atoms. The molecule has 2 fully saturated rings. The van der Waals surface area contributed by atoms with E-state index >= 15 is 0 Å². The molecule has 2 rings (SSSR count). The minimum absolute atomic E-state index is 0.125. The van der Waals surface area contributed by atoms with Gasteiger partial charge in [0.15, 0.2) is 0 Å². The van der Waals surface area contributed by atoms with Crippen LogP contribution in [0, 0.1) is 5.92 Å².